The van der Waals surface area contributed by atoms with Crippen molar-refractivity contribution in [1.82, 2.24) is 25.1 Å². The first-order chi connectivity index (χ1) is 13.7. The van der Waals surface area contributed by atoms with Crippen LogP contribution < -0.4 is 10.6 Å². The van der Waals surface area contributed by atoms with E-state index in [0.717, 1.165) is 59.6 Å². The van der Waals surface area contributed by atoms with E-state index in [9.17, 15) is 4.79 Å². The number of fused-ring (bicyclic) bond motifs is 3. The van der Waals surface area contributed by atoms with Crippen LogP contribution in [0.15, 0.2) is 17.5 Å². The molecule has 3 N–H and O–H groups in total. The number of hydrogen-bond donors (Lipinski definition) is 3. The lowest BCUT2D eigenvalue weighted by Gasteiger charge is -2.47. The average molecular weight is 398 g/mol. The van der Waals surface area contributed by atoms with E-state index in [0.29, 0.717) is 18.0 Å². The van der Waals surface area contributed by atoms with Crippen molar-refractivity contribution >= 4 is 45.5 Å². The van der Waals surface area contributed by atoms with Gasteiger partial charge in [0.1, 0.15) is 10.6 Å². The van der Waals surface area contributed by atoms with Crippen LogP contribution in [-0.4, -0.2) is 49.6 Å². The standard InChI is InChI=1S/C19H23N7OS/c1-11-7-16(25-24-11)21-17-15-5-6-28-18(15)23-19(22-17)20-12-8-13-3-2-4-14(9-12)26(13)10-27/h5-7,10,12-14H,2-4,8-9H2,1H3,(H3,20,21,22,23,24,25)/t12?,13-,14+. The Hall–Kier alpha value is -2.68. The zero-order chi connectivity index (χ0) is 19.1. The third-order valence-corrected chi connectivity index (χ3v) is 6.57. The molecule has 2 aliphatic heterocycles. The molecule has 5 rings (SSSR count). The number of aryl methyl sites for hydroxylation is 1. The lowest BCUT2D eigenvalue weighted by Crippen LogP contribution is -2.54. The van der Waals surface area contributed by atoms with E-state index < -0.39 is 0 Å². The molecule has 8 nitrogen and oxygen atoms in total. The number of carbonyl (C=O) groups excluding carboxylic acids is 1. The third kappa shape index (κ3) is 3.19. The molecule has 3 aromatic heterocycles. The number of amides is 1. The van der Waals surface area contributed by atoms with Gasteiger partial charge in [-0.25, -0.2) is 4.98 Å². The largest absolute Gasteiger partial charge is 0.351 e. The summed E-state index contributed by atoms with van der Waals surface area (Å²) >= 11 is 1.60. The second-order valence-electron chi connectivity index (χ2n) is 7.70. The van der Waals surface area contributed by atoms with Gasteiger partial charge < -0.3 is 15.5 Å². The topological polar surface area (TPSA) is 98.8 Å². The highest BCUT2D eigenvalue weighted by Crippen LogP contribution is 2.35. The van der Waals surface area contributed by atoms with Crippen molar-refractivity contribution in [3.05, 3.63) is 23.2 Å². The number of piperidine rings is 2. The summed E-state index contributed by atoms with van der Waals surface area (Å²) in [5, 5.41) is 17.1. The minimum atomic E-state index is 0.282. The molecule has 2 aliphatic rings. The fraction of sp³-hybridized carbons (Fsp3) is 0.474. The fourth-order valence-corrected chi connectivity index (χ4v) is 5.27. The van der Waals surface area contributed by atoms with Crippen molar-refractivity contribution < 1.29 is 4.79 Å². The van der Waals surface area contributed by atoms with E-state index in [1.165, 1.54) is 6.42 Å². The highest BCUT2D eigenvalue weighted by atomic mass is 32.1. The number of nitrogens with one attached hydrogen (secondary N) is 3. The maximum absolute atomic E-state index is 11.4. The van der Waals surface area contributed by atoms with E-state index in [-0.39, 0.29) is 6.04 Å². The van der Waals surface area contributed by atoms with Crippen LogP contribution in [0.25, 0.3) is 10.2 Å². The monoisotopic (exact) mass is 397 g/mol. The Morgan fingerprint density at radius 3 is 2.82 bits per heavy atom. The molecule has 1 amide bonds. The van der Waals surface area contributed by atoms with Gasteiger partial charge in [0.2, 0.25) is 12.4 Å². The molecular weight excluding hydrogens is 374 g/mol. The lowest BCUT2D eigenvalue weighted by atomic mass is 9.82. The van der Waals surface area contributed by atoms with E-state index in [1.54, 1.807) is 11.3 Å². The summed E-state index contributed by atoms with van der Waals surface area (Å²) in [5.74, 6) is 2.13. The van der Waals surface area contributed by atoms with Crippen LogP contribution in [0.4, 0.5) is 17.6 Å². The molecule has 146 valence electrons. The van der Waals surface area contributed by atoms with Crippen molar-refractivity contribution in [3.63, 3.8) is 0 Å². The second-order valence-corrected chi connectivity index (χ2v) is 8.59. The summed E-state index contributed by atoms with van der Waals surface area (Å²) in [4.78, 5) is 23.9. The minimum absolute atomic E-state index is 0.282. The Kier molecular flexibility index (Phi) is 4.38. The number of thiophene rings is 1. The molecule has 3 atom stereocenters. The van der Waals surface area contributed by atoms with Gasteiger partial charge in [0, 0.05) is 29.9 Å². The van der Waals surface area contributed by atoms with Crippen molar-refractivity contribution in [3.8, 4) is 0 Å². The second kappa shape index (κ2) is 7.05. The fourth-order valence-electron chi connectivity index (χ4n) is 4.51. The van der Waals surface area contributed by atoms with Gasteiger partial charge in [-0.3, -0.25) is 9.89 Å². The van der Waals surface area contributed by atoms with Crippen LogP contribution in [0, 0.1) is 6.92 Å². The normalized spacial score (nSPS) is 24.3. The molecule has 0 saturated carbocycles. The molecule has 1 unspecified atom stereocenters. The smallest absolute Gasteiger partial charge is 0.226 e. The molecule has 9 heteroatoms. The van der Waals surface area contributed by atoms with Crippen molar-refractivity contribution in [2.45, 2.75) is 57.2 Å². The Morgan fingerprint density at radius 1 is 1.29 bits per heavy atom. The number of hydrogen-bond acceptors (Lipinski definition) is 7. The summed E-state index contributed by atoms with van der Waals surface area (Å²) in [6, 6.07) is 4.92. The SMILES string of the molecule is Cc1cc(Nc2nc(NC3C[C@H]4CCC[C@@H](C3)N4C=O)nc3sccc23)n[nH]1. The molecule has 0 aromatic carbocycles. The predicted octanol–water partition coefficient (Wildman–Crippen LogP) is 3.42. The molecule has 28 heavy (non-hydrogen) atoms. The molecule has 5 heterocycles. The number of aromatic amines is 1. The Morgan fingerprint density at radius 2 is 2.11 bits per heavy atom. The van der Waals surface area contributed by atoms with E-state index in [4.69, 9.17) is 9.97 Å². The van der Waals surface area contributed by atoms with Crippen molar-refractivity contribution in [2.24, 2.45) is 0 Å². The summed E-state index contributed by atoms with van der Waals surface area (Å²) in [5.41, 5.74) is 0.991. The zero-order valence-electron chi connectivity index (χ0n) is 15.7. The van der Waals surface area contributed by atoms with Crippen LogP contribution in [0.1, 0.15) is 37.8 Å². The molecule has 2 fully saturated rings. The summed E-state index contributed by atoms with van der Waals surface area (Å²) in [7, 11) is 0. The number of carbonyl (C=O) groups is 1. The van der Waals surface area contributed by atoms with Gasteiger partial charge in [-0.1, -0.05) is 0 Å². The van der Waals surface area contributed by atoms with Gasteiger partial charge in [0.15, 0.2) is 5.82 Å². The molecular formula is C19H23N7OS. The Labute approximate surface area is 166 Å². The number of nitrogens with zero attached hydrogens (tertiary/aromatic N) is 4. The summed E-state index contributed by atoms with van der Waals surface area (Å²) in [6.07, 6.45) is 6.31. The van der Waals surface area contributed by atoms with Gasteiger partial charge in [0.05, 0.1) is 5.39 Å². The van der Waals surface area contributed by atoms with Crippen molar-refractivity contribution in [2.75, 3.05) is 10.6 Å². The average Bonchev–Trinajstić information content (AvgIpc) is 3.30. The van der Waals surface area contributed by atoms with Crippen molar-refractivity contribution in [1.29, 1.82) is 0 Å². The highest BCUT2D eigenvalue weighted by molar-refractivity contribution is 7.16. The van der Waals surface area contributed by atoms with Crippen LogP contribution >= 0.6 is 11.3 Å². The minimum Gasteiger partial charge on any atom is -0.351 e. The molecule has 2 saturated heterocycles. The quantitative estimate of drug-likeness (QED) is 0.571. The maximum Gasteiger partial charge on any atom is 0.226 e. The molecule has 3 aromatic rings. The lowest BCUT2D eigenvalue weighted by molar-refractivity contribution is -0.126. The van der Waals surface area contributed by atoms with Crippen LogP contribution in [-0.2, 0) is 4.79 Å². The Balaban J connectivity index is 1.39. The van der Waals surface area contributed by atoms with Crippen LogP contribution in [0.3, 0.4) is 0 Å². The van der Waals surface area contributed by atoms with E-state index >= 15 is 0 Å². The summed E-state index contributed by atoms with van der Waals surface area (Å²) < 4.78 is 0. The van der Waals surface area contributed by atoms with Crippen LogP contribution in [0.5, 0.6) is 0 Å². The van der Waals surface area contributed by atoms with Gasteiger partial charge in [-0.05, 0) is 50.5 Å². The predicted molar refractivity (Wildman–Crippen MR) is 110 cm³/mol. The third-order valence-electron chi connectivity index (χ3n) is 5.76. The van der Waals surface area contributed by atoms with Crippen LogP contribution in [0.2, 0.25) is 0 Å². The number of anilines is 3. The van der Waals surface area contributed by atoms with Gasteiger partial charge >= 0.3 is 0 Å². The first kappa shape index (κ1) is 17.4. The maximum atomic E-state index is 11.4. The molecule has 0 spiro atoms. The van der Waals surface area contributed by atoms with E-state index in [1.807, 2.05) is 29.3 Å². The number of rotatable bonds is 5. The van der Waals surface area contributed by atoms with E-state index in [2.05, 4.69) is 20.8 Å². The molecule has 2 bridgehead atoms. The Bertz CT molecular complexity index is 985. The summed E-state index contributed by atoms with van der Waals surface area (Å²) in [6.45, 7) is 1.97. The zero-order valence-corrected chi connectivity index (χ0v) is 16.5. The number of aromatic nitrogens is 4. The highest BCUT2D eigenvalue weighted by Gasteiger charge is 2.37. The first-order valence-electron chi connectivity index (χ1n) is 9.73. The van der Waals surface area contributed by atoms with Gasteiger partial charge in [-0.2, -0.15) is 10.1 Å². The van der Waals surface area contributed by atoms with Gasteiger partial charge in [0.25, 0.3) is 0 Å². The number of H-pyrrole nitrogens is 1. The molecule has 0 radical (unpaired) electrons. The molecule has 0 aliphatic carbocycles. The van der Waals surface area contributed by atoms with Gasteiger partial charge in [-0.15, -0.1) is 11.3 Å². The first-order valence-corrected chi connectivity index (χ1v) is 10.6.